The fourth-order valence-electron chi connectivity index (χ4n) is 4.30. The quantitative estimate of drug-likeness (QED) is 0.692. The van der Waals surface area contributed by atoms with Crippen LogP contribution in [0.2, 0.25) is 0 Å². The van der Waals surface area contributed by atoms with Crippen molar-refractivity contribution in [2.45, 2.75) is 83.4 Å². The summed E-state index contributed by atoms with van der Waals surface area (Å²) in [5.74, 6) is -0.455. The van der Waals surface area contributed by atoms with Crippen LogP contribution in [0.4, 0.5) is 13.2 Å². The highest BCUT2D eigenvalue weighted by Gasteiger charge is 2.45. The first kappa shape index (κ1) is 17.1. The first-order chi connectivity index (χ1) is 10.1. The molecular formula is C17H29F3O. The third-order valence-corrected chi connectivity index (χ3v) is 5.43. The van der Waals surface area contributed by atoms with Gasteiger partial charge < -0.3 is 4.74 Å². The summed E-state index contributed by atoms with van der Waals surface area (Å²) in [6.07, 6.45) is 0.726. The van der Waals surface area contributed by atoms with Crippen LogP contribution in [0.15, 0.2) is 0 Å². The maximum atomic E-state index is 14.4. The van der Waals surface area contributed by atoms with Crippen LogP contribution in [-0.2, 0) is 4.74 Å². The SMILES string of the molecule is CCCC1CCC(C2CCC(OCC)C(F)C2)C(F)C1F. The van der Waals surface area contributed by atoms with Crippen LogP contribution in [0, 0.1) is 17.8 Å². The maximum absolute atomic E-state index is 14.4. The zero-order chi connectivity index (χ0) is 15.4. The number of ether oxygens (including phenoxy) is 1. The van der Waals surface area contributed by atoms with E-state index >= 15 is 0 Å². The van der Waals surface area contributed by atoms with Crippen molar-refractivity contribution in [3.63, 3.8) is 0 Å². The van der Waals surface area contributed by atoms with Crippen molar-refractivity contribution in [3.8, 4) is 0 Å². The number of halogens is 3. The number of hydrogen-bond acceptors (Lipinski definition) is 1. The highest BCUT2D eigenvalue weighted by molar-refractivity contribution is 4.94. The predicted octanol–water partition coefficient (Wildman–Crippen LogP) is 5.03. The molecule has 2 rings (SSSR count). The molecule has 2 aliphatic rings. The highest BCUT2D eigenvalue weighted by atomic mass is 19.2. The van der Waals surface area contributed by atoms with Gasteiger partial charge in [-0.1, -0.05) is 13.3 Å². The summed E-state index contributed by atoms with van der Waals surface area (Å²) in [5, 5.41) is 0. The van der Waals surface area contributed by atoms with Crippen molar-refractivity contribution in [1.29, 1.82) is 0 Å². The van der Waals surface area contributed by atoms with E-state index in [1.54, 1.807) is 0 Å². The third kappa shape index (κ3) is 3.94. The Balaban J connectivity index is 1.91. The Hall–Kier alpha value is -0.250. The molecule has 2 aliphatic carbocycles. The van der Waals surface area contributed by atoms with Gasteiger partial charge in [0.25, 0.3) is 0 Å². The molecule has 0 amide bonds. The van der Waals surface area contributed by atoms with Gasteiger partial charge in [0.15, 0.2) is 0 Å². The summed E-state index contributed by atoms with van der Waals surface area (Å²) in [7, 11) is 0. The van der Waals surface area contributed by atoms with E-state index in [2.05, 4.69) is 0 Å². The lowest BCUT2D eigenvalue weighted by Crippen LogP contribution is -2.44. The van der Waals surface area contributed by atoms with Crippen LogP contribution in [0.3, 0.4) is 0 Å². The summed E-state index contributed by atoms with van der Waals surface area (Å²) < 4.78 is 48.2. The molecule has 4 heteroatoms. The van der Waals surface area contributed by atoms with Crippen LogP contribution in [0.5, 0.6) is 0 Å². The van der Waals surface area contributed by atoms with Crippen LogP contribution < -0.4 is 0 Å². The van der Waals surface area contributed by atoms with Gasteiger partial charge in [-0.15, -0.1) is 0 Å². The van der Waals surface area contributed by atoms with Crippen LogP contribution in [0.1, 0.15) is 58.8 Å². The molecule has 0 heterocycles. The van der Waals surface area contributed by atoms with Crippen molar-refractivity contribution in [2.75, 3.05) is 6.61 Å². The van der Waals surface area contributed by atoms with Gasteiger partial charge in [0.1, 0.15) is 18.5 Å². The van der Waals surface area contributed by atoms with Crippen LogP contribution in [-0.4, -0.2) is 31.2 Å². The second-order valence-electron chi connectivity index (χ2n) is 6.76. The van der Waals surface area contributed by atoms with Gasteiger partial charge in [0, 0.05) is 6.61 Å². The van der Waals surface area contributed by atoms with Crippen LogP contribution in [0.25, 0.3) is 0 Å². The Bertz CT molecular complexity index is 312. The Morgan fingerprint density at radius 1 is 0.952 bits per heavy atom. The fraction of sp³-hybridized carbons (Fsp3) is 1.00. The average molecular weight is 306 g/mol. The van der Waals surface area contributed by atoms with Crippen molar-refractivity contribution in [2.24, 2.45) is 17.8 Å². The van der Waals surface area contributed by atoms with Crippen molar-refractivity contribution in [1.82, 2.24) is 0 Å². The Labute approximate surface area is 126 Å². The maximum Gasteiger partial charge on any atom is 0.134 e. The number of alkyl halides is 3. The highest BCUT2D eigenvalue weighted by Crippen LogP contribution is 2.44. The van der Waals surface area contributed by atoms with Gasteiger partial charge in [-0.05, 0) is 63.2 Å². The minimum absolute atomic E-state index is 0.0208. The van der Waals surface area contributed by atoms with E-state index in [4.69, 9.17) is 4.74 Å². The predicted molar refractivity (Wildman–Crippen MR) is 78.6 cm³/mol. The molecule has 124 valence electrons. The molecule has 0 saturated heterocycles. The first-order valence-electron chi connectivity index (χ1n) is 8.62. The lowest BCUT2D eigenvalue weighted by atomic mass is 9.68. The molecule has 0 aliphatic heterocycles. The zero-order valence-corrected chi connectivity index (χ0v) is 13.2. The fourth-order valence-corrected chi connectivity index (χ4v) is 4.30. The second-order valence-corrected chi connectivity index (χ2v) is 6.76. The van der Waals surface area contributed by atoms with Crippen molar-refractivity contribution >= 4 is 0 Å². The molecule has 0 N–H and O–H groups in total. The molecule has 0 aromatic heterocycles. The summed E-state index contributed by atoms with van der Waals surface area (Å²) in [5.41, 5.74) is 0. The zero-order valence-electron chi connectivity index (χ0n) is 13.2. The number of hydrogen-bond donors (Lipinski definition) is 0. The summed E-state index contributed by atoms with van der Waals surface area (Å²) in [6.45, 7) is 4.38. The first-order valence-corrected chi connectivity index (χ1v) is 8.62. The summed E-state index contributed by atoms with van der Waals surface area (Å²) >= 11 is 0. The minimum atomic E-state index is -1.41. The van der Waals surface area contributed by atoms with E-state index in [-0.39, 0.29) is 23.9 Å². The Morgan fingerprint density at radius 3 is 2.33 bits per heavy atom. The van der Waals surface area contributed by atoms with Crippen molar-refractivity contribution in [3.05, 3.63) is 0 Å². The molecule has 2 fully saturated rings. The Morgan fingerprint density at radius 2 is 1.71 bits per heavy atom. The molecule has 0 bridgehead atoms. The summed E-state index contributed by atoms with van der Waals surface area (Å²) in [4.78, 5) is 0. The molecule has 21 heavy (non-hydrogen) atoms. The van der Waals surface area contributed by atoms with E-state index in [0.29, 0.717) is 25.9 Å². The van der Waals surface area contributed by atoms with E-state index in [1.807, 2.05) is 13.8 Å². The standard InChI is InChI=1S/C17H29F3O/c1-3-5-11-6-8-13(17(20)16(11)19)12-7-9-15(21-4-2)14(18)10-12/h11-17H,3-10H2,1-2H3. The Kier molecular flexibility index (Phi) is 6.39. The smallest absolute Gasteiger partial charge is 0.134 e. The average Bonchev–Trinajstić information content (AvgIpc) is 2.47. The second kappa shape index (κ2) is 7.85. The normalized spacial score (nSPS) is 44.7. The summed E-state index contributed by atoms with van der Waals surface area (Å²) in [6, 6.07) is 0. The topological polar surface area (TPSA) is 9.23 Å². The van der Waals surface area contributed by atoms with Gasteiger partial charge >= 0.3 is 0 Å². The largest absolute Gasteiger partial charge is 0.375 e. The van der Waals surface area contributed by atoms with E-state index < -0.39 is 18.5 Å². The van der Waals surface area contributed by atoms with Gasteiger partial charge in [0.05, 0.1) is 6.10 Å². The molecular weight excluding hydrogens is 277 g/mol. The molecule has 0 radical (unpaired) electrons. The molecule has 7 atom stereocenters. The molecule has 2 saturated carbocycles. The molecule has 1 nitrogen and oxygen atoms in total. The third-order valence-electron chi connectivity index (χ3n) is 5.43. The van der Waals surface area contributed by atoms with Crippen LogP contribution >= 0.6 is 0 Å². The van der Waals surface area contributed by atoms with E-state index in [1.165, 1.54) is 0 Å². The van der Waals surface area contributed by atoms with Gasteiger partial charge in [-0.2, -0.15) is 0 Å². The lowest BCUT2D eigenvalue weighted by Gasteiger charge is -2.42. The van der Waals surface area contributed by atoms with Gasteiger partial charge in [0.2, 0.25) is 0 Å². The molecule has 0 spiro atoms. The monoisotopic (exact) mass is 306 g/mol. The molecule has 0 aromatic rings. The molecule has 0 aromatic carbocycles. The van der Waals surface area contributed by atoms with Gasteiger partial charge in [-0.25, -0.2) is 13.2 Å². The minimum Gasteiger partial charge on any atom is -0.375 e. The van der Waals surface area contributed by atoms with Crippen molar-refractivity contribution < 1.29 is 17.9 Å². The van der Waals surface area contributed by atoms with Gasteiger partial charge in [-0.3, -0.25) is 0 Å². The van der Waals surface area contributed by atoms with E-state index in [9.17, 15) is 13.2 Å². The van der Waals surface area contributed by atoms with E-state index in [0.717, 1.165) is 25.7 Å². The molecule has 7 unspecified atom stereocenters. The lowest BCUT2D eigenvalue weighted by molar-refractivity contribution is -0.0630. The number of rotatable bonds is 5.